The van der Waals surface area contributed by atoms with E-state index in [4.69, 9.17) is 4.74 Å². The average molecular weight is 463 g/mol. The van der Waals surface area contributed by atoms with E-state index in [1.807, 2.05) is 7.05 Å². The van der Waals surface area contributed by atoms with Gasteiger partial charge in [-0.25, -0.2) is 13.8 Å². The molecule has 2 aliphatic rings. The van der Waals surface area contributed by atoms with Crippen LogP contribution in [0, 0.1) is 23.5 Å². The number of likely N-dealkylation sites (tertiary alicyclic amines) is 1. The summed E-state index contributed by atoms with van der Waals surface area (Å²) in [6.45, 7) is 5.20. The van der Waals surface area contributed by atoms with Gasteiger partial charge in [0.05, 0.1) is 0 Å². The average Bonchev–Trinajstić information content (AvgIpc) is 3.58. The van der Waals surface area contributed by atoms with Gasteiger partial charge in [-0.05, 0) is 89.6 Å². The van der Waals surface area contributed by atoms with Crippen molar-refractivity contribution >= 4 is 0 Å². The summed E-state index contributed by atoms with van der Waals surface area (Å²) in [4.78, 5) is 6.11. The van der Waals surface area contributed by atoms with Gasteiger partial charge in [0.15, 0.2) is 11.6 Å². The molecule has 0 bridgehead atoms. The maximum Gasteiger partial charge on any atom is 0.219 e. The molecule has 0 amide bonds. The zero-order valence-electron chi connectivity index (χ0n) is 19.1. The fraction of sp³-hybridized carbons (Fsp3) is 0.560. The van der Waals surface area contributed by atoms with Crippen molar-refractivity contribution in [2.45, 2.75) is 44.2 Å². The van der Waals surface area contributed by atoms with Crippen LogP contribution in [0.5, 0.6) is 5.75 Å². The Bertz CT molecular complexity index is 921. The predicted molar refractivity (Wildman–Crippen MR) is 122 cm³/mol. The number of hydrogen-bond donors (Lipinski definition) is 2. The fourth-order valence-electron chi connectivity index (χ4n) is 4.66. The van der Waals surface area contributed by atoms with Gasteiger partial charge in [-0.2, -0.15) is 4.39 Å². The van der Waals surface area contributed by atoms with Crippen LogP contribution in [0.3, 0.4) is 0 Å². The zero-order chi connectivity index (χ0) is 23.2. The molecule has 0 unspecified atom stereocenters. The summed E-state index contributed by atoms with van der Waals surface area (Å²) in [6.07, 6.45) is 5.67. The third-order valence-corrected chi connectivity index (χ3v) is 6.71. The number of halogens is 3. The first kappa shape index (κ1) is 24.0. The van der Waals surface area contributed by atoms with Crippen LogP contribution in [0.2, 0.25) is 0 Å². The Morgan fingerprint density at radius 2 is 2.00 bits per heavy atom. The summed E-state index contributed by atoms with van der Waals surface area (Å²) < 4.78 is 48.0. The van der Waals surface area contributed by atoms with Crippen molar-refractivity contribution in [3.05, 3.63) is 59.2 Å². The van der Waals surface area contributed by atoms with Gasteiger partial charge >= 0.3 is 0 Å². The van der Waals surface area contributed by atoms with Gasteiger partial charge in [-0.15, -0.1) is 0 Å². The first-order valence-electron chi connectivity index (χ1n) is 11.9. The van der Waals surface area contributed by atoms with Crippen molar-refractivity contribution < 1.29 is 17.9 Å². The summed E-state index contributed by atoms with van der Waals surface area (Å²) in [5.74, 6) is -1.42. The maximum absolute atomic E-state index is 14.6. The first-order valence-corrected chi connectivity index (χ1v) is 11.9. The Hall–Kier alpha value is -2.16. The largest absolute Gasteiger partial charge is 0.485 e. The number of ether oxygens (including phenoxy) is 1. The van der Waals surface area contributed by atoms with Crippen LogP contribution in [-0.2, 0) is 6.61 Å². The normalized spacial score (nSPS) is 21.3. The highest BCUT2D eigenvalue weighted by atomic mass is 19.1. The highest BCUT2D eigenvalue weighted by Gasteiger charge is 2.41. The van der Waals surface area contributed by atoms with Crippen molar-refractivity contribution in [1.82, 2.24) is 20.5 Å². The molecule has 1 saturated carbocycles. The summed E-state index contributed by atoms with van der Waals surface area (Å²) in [5, 5.41) is 6.78. The van der Waals surface area contributed by atoms with E-state index in [1.54, 1.807) is 6.07 Å². The third-order valence-electron chi connectivity index (χ3n) is 6.71. The Morgan fingerprint density at radius 3 is 2.76 bits per heavy atom. The molecule has 33 heavy (non-hydrogen) atoms. The van der Waals surface area contributed by atoms with Gasteiger partial charge in [-0.1, -0.05) is 0 Å². The van der Waals surface area contributed by atoms with Crippen LogP contribution in [0.1, 0.15) is 42.7 Å². The second-order valence-corrected chi connectivity index (χ2v) is 9.15. The number of nitrogens with one attached hydrogen (secondary N) is 2. The molecule has 5 nitrogen and oxygen atoms in total. The summed E-state index contributed by atoms with van der Waals surface area (Å²) in [6, 6.07) is 5.47. The second-order valence-electron chi connectivity index (χ2n) is 9.15. The summed E-state index contributed by atoms with van der Waals surface area (Å²) in [7, 11) is 1.98. The van der Waals surface area contributed by atoms with Crippen LogP contribution in [-0.4, -0.2) is 55.7 Å². The summed E-state index contributed by atoms with van der Waals surface area (Å²) in [5.41, 5.74) is 0.739. The molecule has 0 radical (unpaired) electrons. The molecule has 0 spiro atoms. The van der Waals surface area contributed by atoms with Crippen LogP contribution >= 0.6 is 0 Å². The lowest BCUT2D eigenvalue weighted by Crippen LogP contribution is -2.38. The molecule has 2 N–H and O–H groups in total. The molecule has 1 aliphatic carbocycles. The zero-order valence-corrected chi connectivity index (χ0v) is 19.1. The monoisotopic (exact) mass is 462 g/mol. The maximum atomic E-state index is 14.6. The number of nitrogens with zero attached hydrogens (tertiary/aromatic N) is 2. The minimum absolute atomic E-state index is 0.00355. The van der Waals surface area contributed by atoms with Gasteiger partial charge < -0.3 is 20.3 Å². The molecule has 2 heterocycles. The van der Waals surface area contributed by atoms with Crippen LogP contribution in [0.25, 0.3) is 0 Å². The lowest BCUT2D eigenvalue weighted by Gasteiger charge is -2.32. The molecule has 4 rings (SSSR count). The quantitative estimate of drug-likeness (QED) is 0.393. The van der Waals surface area contributed by atoms with E-state index in [0.717, 1.165) is 45.2 Å². The van der Waals surface area contributed by atoms with Crippen LogP contribution in [0.4, 0.5) is 13.2 Å². The topological polar surface area (TPSA) is 49.4 Å². The van der Waals surface area contributed by atoms with Crippen molar-refractivity contribution in [1.29, 1.82) is 0 Å². The number of aromatic nitrogens is 1. The van der Waals surface area contributed by atoms with Crippen molar-refractivity contribution in [3.63, 3.8) is 0 Å². The van der Waals surface area contributed by atoms with Gasteiger partial charge in [-0.3, -0.25) is 0 Å². The Balaban J connectivity index is 1.29. The molecule has 2 atom stereocenters. The Labute approximate surface area is 193 Å². The smallest absolute Gasteiger partial charge is 0.219 e. The molecular weight excluding hydrogens is 429 g/mol. The summed E-state index contributed by atoms with van der Waals surface area (Å²) >= 11 is 0. The molecular formula is C25H33F3N4O. The van der Waals surface area contributed by atoms with E-state index in [0.29, 0.717) is 11.5 Å². The van der Waals surface area contributed by atoms with E-state index >= 15 is 0 Å². The molecule has 2 aromatic rings. The van der Waals surface area contributed by atoms with Gasteiger partial charge in [0.2, 0.25) is 5.95 Å². The van der Waals surface area contributed by atoms with Gasteiger partial charge in [0.1, 0.15) is 12.4 Å². The van der Waals surface area contributed by atoms with Gasteiger partial charge in [0.25, 0.3) is 0 Å². The fourth-order valence-corrected chi connectivity index (χ4v) is 4.66. The van der Waals surface area contributed by atoms with Crippen molar-refractivity contribution in [3.8, 4) is 5.75 Å². The number of benzene rings is 1. The molecule has 1 aromatic heterocycles. The molecule has 180 valence electrons. The van der Waals surface area contributed by atoms with E-state index < -0.39 is 17.6 Å². The van der Waals surface area contributed by atoms with Crippen LogP contribution in [0.15, 0.2) is 30.5 Å². The minimum Gasteiger partial charge on any atom is -0.485 e. The predicted octanol–water partition coefficient (Wildman–Crippen LogP) is 3.84. The molecule has 1 saturated heterocycles. The standard InChI is InChI=1S/C25H33F3N4O/c1-29-7-3-9-32-10-5-17(6-11-32)15-31-23-14-20(23)21-12-19(26)13-22(27)24(21)33-16-18-4-2-8-30-25(18)28/h2,4,8,12-13,17,20,23,29,31H,3,5-7,9-11,14-16H2,1H3/t20-,23+/m0/s1. The first-order chi connectivity index (χ1) is 16.0. The van der Waals surface area contributed by atoms with Crippen molar-refractivity contribution in [2.75, 3.05) is 39.8 Å². The number of piperidine rings is 1. The highest BCUT2D eigenvalue weighted by Crippen LogP contribution is 2.46. The molecule has 8 heteroatoms. The van der Waals surface area contributed by atoms with E-state index in [-0.39, 0.29) is 29.9 Å². The molecule has 1 aromatic carbocycles. The lowest BCUT2D eigenvalue weighted by atomic mass is 9.96. The number of pyridine rings is 1. The van der Waals surface area contributed by atoms with Crippen molar-refractivity contribution in [2.24, 2.45) is 5.92 Å². The van der Waals surface area contributed by atoms with Gasteiger partial charge in [0, 0.05) is 35.3 Å². The number of hydrogen-bond acceptors (Lipinski definition) is 5. The Morgan fingerprint density at radius 1 is 1.18 bits per heavy atom. The van der Waals surface area contributed by atoms with Crippen LogP contribution < -0.4 is 15.4 Å². The highest BCUT2D eigenvalue weighted by molar-refractivity contribution is 5.42. The SMILES string of the molecule is CNCCCN1CCC(CN[C@@H]2C[C@H]2c2cc(F)cc(F)c2OCc2cccnc2F)CC1. The van der Waals surface area contributed by atoms with E-state index in [2.05, 4.69) is 20.5 Å². The second kappa shape index (κ2) is 11.3. The lowest BCUT2D eigenvalue weighted by molar-refractivity contribution is 0.180. The van der Waals surface area contributed by atoms with E-state index in [1.165, 1.54) is 37.6 Å². The number of rotatable bonds is 11. The third kappa shape index (κ3) is 6.46. The Kier molecular flexibility index (Phi) is 8.22. The molecule has 1 aliphatic heterocycles. The van der Waals surface area contributed by atoms with E-state index in [9.17, 15) is 13.2 Å². The minimum atomic E-state index is -0.759. The molecule has 2 fully saturated rings.